The van der Waals surface area contributed by atoms with Crippen LogP contribution in [-0.4, -0.2) is 9.97 Å². The third-order valence-corrected chi connectivity index (χ3v) is 2.50. The number of rotatable bonds is 3. The molecule has 0 aliphatic carbocycles. The van der Waals surface area contributed by atoms with Gasteiger partial charge in [0.05, 0.1) is 18.5 Å². The second-order valence-electron chi connectivity index (χ2n) is 3.22. The molecule has 2 aromatic heterocycles. The molecule has 84 valence electrons. The predicted octanol–water partition coefficient (Wildman–Crippen LogP) is 3.55. The summed E-state index contributed by atoms with van der Waals surface area (Å²) >= 11 is 11.6. The highest BCUT2D eigenvalue weighted by Crippen LogP contribution is 2.24. The van der Waals surface area contributed by atoms with Gasteiger partial charge in [-0.15, -0.1) is 0 Å². The molecule has 1 atom stereocenters. The van der Waals surface area contributed by atoms with Crippen molar-refractivity contribution in [2.24, 2.45) is 0 Å². The number of anilines is 1. The molecule has 0 spiro atoms. The van der Waals surface area contributed by atoms with Gasteiger partial charge >= 0.3 is 0 Å². The molecular weight excluding hydrogens is 249 g/mol. The summed E-state index contributed by atoms with van der Waals surface area (Å²) in [6, 6.07) is 3.65. The molecule has 0 bridgehead atoms. The van der Waals surface area contributed by atoms with Crippen LogP contribution in [0.15, 0.2) is 29.0 Å². The first-order valence-corrected chi connectivity index (χ1v) is 5.40. The Morgan fingerprint density at radius 1 is 1.44 bits per heavy atom. The molecular formula is C10H9Cl2N3O. The molecule has 1 N–H and O–H groups in total. The van der Waals surface area contributed by atoms with E-state index in [4.69, 9.17) is 27.6 Å². The van der Waals surface area contributed by atoms with E-state index < -0.39 is 0 Å². The van der Waals surface area contributed by atoms with Crippen molar-refractivity contribution in [3.63, 3.8) is 0 Å². The van der Waals surface area contributed by atoms with Gasteiger partial charge in [0.15, 0.2) is 0 Å². The zero-order chi connectivity index (χ0) is 11.5. The summed E-state index contributed by atoms with van der Waals surface area (Å²) in [7, 11) is 0. The van der Waals surface area contributed by atoms with E-state index in [1.165, 1.54) is 6.20 Å². The van der Waals surface area contributed by atoms with Gasteiger partial charge in [-0.05, 0) is 30.7 Å². The van der Waals surface area contributed by atoms with Crippen LogP contribution >= 0.6 is 23.2 Å². The van der Waals surface area contributed by atoms with E-state index in [1.807, 2.05) is 19.1 Å². The zero-order valence-electron chi connectivity index (χ0n) is 8.45. The minimum atomic E-state index is -0.0431. The smallest absolute Gasteiger partial charge is 0.224 e. The molecule has 0 saturated heterocycles. The highest BCUT2D eigenvalue weighted by molar-refractivity contribution is 6.33. The highest BCUT2D eigenvalue weighted by Gasteiger charge is 2.11. The van der Waals surface area contributed by atoms with E-state index in [0.717, 1.165) is 5.76 Å². The van der Waals surface area contributed by atoms with Crippen molar-refractivity contribution in [1.82, 2.24) is 9.97 Å². The largest absolute Gasteiger partial charge is 0.467 e. The Morgan fingerprint density at radius 3 is 2.94 bits per heavy atom. The Kier molecular flexibility index (Phi) is 3.31. The molecule has 6 heteroatoms. The molecule has 0 radical (unpaired) electrons. The zero-order valence-corrected chi connectivity index (χ0v) is 9.96. The molecule has 0 aromatic carbocycles. The number of hydrogen-bond donors (Lipinski definition) is 1. The van der Waals surface area contributed by atoms with Gasteiger partial charge in [0.1, 0.15) is 16.6 Å². The van der Waals surface area contributed by atoms with Gasteiger partial charge in [-0.3, -0.25) is 0 Å². The van der Waals surface area contributed by atoms with Gasteiger partial charge in [0.25, 0.3) is 0 Å². The SMILES string of the molecule is CC(Nc1nc(Cl)ncc1Cl)c1ccco1. The van der Waals surface area contributed by atoms with Gasteiger partial charge < -0.3 is 9.73 Å². The Balaban J connectivity index is 2.17. The van der Waals surface area contributed by atoms with Crippen LogP contribution < -0.4 is 5.32 Å². The number of nitrogens with zero attached hydrogens (tertiary/aromatic N) is 2. The first-order chi connectivity index (χ1) is 7.66. The molecule has 2 rings (SSSR count). The fourth-order valence-electron chi connectivity index (χ4n) is 1.26. The average Bonchev–Trinajstić information content (AvgIpc) is 2.76. The maximum absolute atomic E-state index is 5.92. The third kappa shape index (κ3) is 2.46. The maximum Gasteiger partial charge on any atom is 0.224 e. The fourth-order valence-corrected chi connectivity index (χ4v) is 1.54. The van der Waals surface area contributed by atoms with Crippen LogP contribution in [0.25, 0.3) is 0 Å². The third-order valence-electron chi connectivity index (χ3n) is 2.04. The summed E-state index contributed by atoms with van der Waals surface area (Å²) in [5.41, 5.74) is 0. The average molecular weight is 258 g/mol. The lowest BCUT2D eigenvalue weighted by Gasteiger charge is -2.12. The Hall–Kier alpha value is -1.26. The summed E-state index contributed by atoms with van der Waals surface area (Å²) in [6.07, 6.45) is 3.07. The lowest BCUT2D eigenvalue weighted by molar-refractivity contribution is 0.490. The number of halogens is 2. The maximum atomic E-state index is 5.92. The van der Waals surface area contributed by atoms with Crippen LogP contribution in [0, 0.1) is 0 Å². The van der Waals surface area contributed by atoms with Crippen LogP contribution in [0.1, 0.15) is 18.7 Å². The minimum absolute atomic E-state index is 0.0431. The standard InChI is InChI=1S/C10H9Cl2N3O/c1-6(8-3-2-4-16-8)14-9-7(11)5-13-10(12)15-9/h2-6H,1H3,(H,13,14,15). The van der Waals surface area contributed by atoms with Crippen LogP contribution in [-0.2, 0) is 0 Å². The van der Waals surface area contributed by atoms with Crippen LogP contribution in [0.4, 0.5) is 5.82 Å². The lowest BCUT2D eigenvalue weighted by Crippen LogP contribution is -2.07. The van der Waals surface area contributed by atoms with Crippen molar-refractivity contribution in [3.05, 3.63) is 40.7 Å². The van der Waals surface area contributed by atoms with Crippen molar-refractivity contribution in [3.8, 4) is 0 Å². The molecule has 4 nitrogen and oxygen atoms in total. The van der Waals surface area contributed by atoms with E-state index in [2.05, 4.69) is 15.3 Å². The Labute approximate surface area is 103 Å². The van der Waals surface area contributed by atoms with Gasteiger partial charge in [-0.25, -0.2) is 4.98 Å². The normalized spacial score (nSPS) is 12.4. The van der Waals surface area contributed by atoms with Gasteiger partial charge in [-0.2, -0.15) is 4.98 Å². The van der Waals surface area contributed by atoms with Crippen molar-refractivity contribution in [1.29, 1.82) is 0 Å². The van der Waals surface area contributed by atoms with Crippen molar-refractivity contribution >= 4 is 29.0 Å². The number of hydrogen-bond acceptors (Lipinski definition) is 4. The van der Waals surface area contributed by atoms with E-state index in [9.17, 15) is 0 Å². The number of nitrogens with one attached hydrogen (secondary N) is 1. The van der Waals surface area contributed by atoms with E-state index in [0.29, 0.717) is 10.8 Å². The van der Waals surface area contributed by atoms with Crippen LogP contribution in [0.5, 0.6) is 0 Å². The summed E-state index contributed by atoms with van der Waals surface area (Å²) in [6.45, 7) is 1.94. The van der Waals surface area contributed by atoms with Crippen molar-refractivity contribution in [2.45, 2.75) is 13.0 Å². The molecule has 1 unspecified atom stereocenters. The molecule has 0 aliphatic rings. The predicted molar refractivity (Wildman–Crippen MR) is 62.8 cm³/mol. The monoisotopic (exact) mass is 257 g/mol. The second kappa shape index (κ2) is 4.72. The minimum Gasteiger partial charge on any atom is -0.467 e. The second-order valence-corrected chi connectivity index (χ2v) is 3.96. The number of aromatic nitrogens is 2. The number of furan rings is 1. The molecule has 0 fully saturated rings. The molecule has 16 heavy (non-hydrogen) atoms. The van der Waals surface area contributed by atoms with E-state index >= 15 is 0 Å². The van der Waals surface area contributed by atoms with Crippen molar-refractivity contribution in [2.75, 3.05) is 5.32 Å². The van der Waals surface area contributed by atoms with Crippen molar-refractivity contribution < 1.29 is 4.42 Å². The summed E-state index contributed by atoms with van der Waals surface area (Å²) in [5.74, 6) is 1.29. The quantitative estimate of drug-likeness (QED) is 0.855. The molecule has 0 aliphatic heterocycles. The Morgan fingerprint density at radius 2 is 2.25 bits per heavy atom. The highest BCUT2D eigenvalue weighted by atomic mass is 35.5. The summed E-state index contributed by atoms with van der Waals surface area (Å²) in [4.78, 5) is 7.76. The van der Waals surface area contributed by atoms with E-state index in [-0.39, 0.29) is 11.3 Å². The van der Waals surface area contributed by atoms with Crippen LogP contribution in [0.3, 0.4) is 0 Å². The molecule has 0 amide bonds. The van der Waals surface area contributed by atoms with Gasteiger partial charge in [0.2, 0.25) is 5.28 Å². The summed E-state index contributed by atoms with van der Waals surface area (Å²) in [5, 5.41) is 3.66. The summed E-state index contributed by atoms with van der Waals surface area (Å²) < 4.78 is 5.26. The van der Waals surface area contributed by atoms with Crippen LogP contribution in [0.2, 0.25) is 10.3 Å². The van der Waals surface area contributed by atoms with E-state index in [1.54, 1.807) is 6.26 Å². The fraction of sp³-hybridized carbons (Fsp3) is 0.200. The topological polar surface area (TPSA) is 51.0 Å². The van der Waals surface area contributed by atoms with Gasteiger partial charge in [-0.1, -0.05) is 11.6 Å². The van der Waals surface area contributed by atoms with Gasteiger partial charge in [0, 0.05) is 0 Å². The molecule has 2 heterocycles. The first kappa shape index (κ1) is 11.2. The first-order valence-electron chi connectivity index (χ1n) is 4.65. The molecule has 0 saturated carbocycles. The Bertz CT molecular complexity index is 473. The lowest BCUT2D eigenvalue weighted by atomic mass is 10.2. The molecule has 2 aromatic rings.